The van der Waals surface area contributed by atoms with Crippen LogP contribution in [-0.2, 0) is 6.42 Å². The van der Waals surface area contributed by atoms with Gasteiger partial charge >= 0.3 is 0 Å². The average Bonchev–Trinajstić information content (AvgIpc) is 3.01. The smallest absolute Gasteiger partial charge is 0.00367 e. The molecule has 1 aromatic carbocycles. The minimum atomic E-state index is 0.743. The lowest BCUT2D eigenvalue weighted by molar-refractivity contribution is 0.663. The first kappa shape index (κ1) is 9.72. The number of hydrogen-bond acceptors (Lipinski definition) is 1. The summed E-state index contributed by atoms with van der Waals surface area (Å²) in [6, 6.07) is 8.92. The van der Waals surface area contributed by atoms with Crippen molar-refractivity contribution in [3.05, 3.63) is 35.4 Å². The predicted octanol–water partition coefficient (Wildman–Crippen LogP) is 2.70. The summed E-state index contributed by atoms with van der Waals surface area (Å²) in [6.45, 7) is 3.10. The SMILES string of the molecule is CC(c1cccc(CCN)c1)C1CC1. The van der Waals surface area contributed by atoms with Crippen molar-refractivity contribution in [3.63, 3.8) is 0 Å². The van der Waals surface area contributed by atoms with Crippen LogP contribution in [0.3, 0.4) is 0 Å². The van der Waals surface area contributed by atoms with Gasteiger partial charge in [-0.15, -0.1) is 0 Å². The fourth-order valence-corrected chi connectivity index (χ4v) is 2.07. The van der Waals surface area contributed by atoms with Crippen molar-refractivity contribution in [2.75, 3.05) is 6.54 Å². The van der Waals surface area contributed by atoms with Gasteiger partial charge in [-0.1, -0.05) is 31.2 Å². The maximum atomic E-state index is 5.56. The quantitative estimate of drug-likeness (QED) is 0.774. The van der Waals surface area contributed by atoms with Gasteiger partial charge in [-0.05, 0) is 48.8 Å². The molecule has 1 saturated carbocycles. The van der Waals surface area contributed by atoms with Gasteiger partial charge in [0.15, 0.2) is 0 Å². The van der Waals surface area contributed by atoms with Crippen LogP contribution >= 0.6 is 0 Å². The summed E-state index contributed by atoms with van der Waals surface area (Å²) in [5.41, 5.74) is 8.44. The molecule has 1 aliphatic carbocycles. The van der Waals surface area contributed by atoms with E-state index in [2.05, 4.69) is 31.2 Å². The van der Waals surface area contributed by atoms with E-state index in [1.807, 2.05) is 0 Å². The summed E-state index contributed by atoms with van der Waals surface area (Å²) in [5, 5.41) is 0. The van der Waals surface area contributed by atoms with Crippen molar-refractivity contribution in [2.45, 2.75) is 32.1 Å². The Bertz CT molecular complexity index is 302. The van der Waals surface area contributed by atoms with Crippen LogP contribution in [0.15, 0.2) is 24.3 Å². The largest absolute Gasteiger partial charge is 0.330 e. The van der Waals surface area contributed by atoms with Gasteiger partial charge in [0.25, 0.3) is 0 Å². The highest BCUT2D eigenvalue weighted by atomic mass is 14.5. The molecule has 1 nitrogen and oxygen atoms in total. The maximum absolute atomic E-state index is 5.56. The molecule has 14 heavy (non-hydrogen) atoms. The lowest BCUT2D eigenvalue weighted by Gasteiger charge is -2.11. The summed E-state index contributed by atoms with van der Waals surface area (Å²) < 4.78 is 0. The molecule has 0 saturated heterocycles. The molecular weight excluding hydrogens is 170 g/mol. The normalized spacial score (nSPS) is 18.1. The highest BCUT2D eigenvalue weighted by Gasteiger charge is 2.28. The van der Waals surface area contributed by atoms with E-state index < -0.39 is 0 Å². The Morgan fingerprint density at radius 1 is 1.43 bits per heavy atom. The van der Waals surface area contributed by atoms with Crippen LogP contribution in [0, 0.1) is 5.92 Å². The van der Waals surface area contributed by atoms with Crippen molar-refractivity contribution < 1.29 is 0 Å². The van der Waals surface area contributed by atoms with E-state index in [4.69, 9.17) is 5.73 Å². The van der Waals surface area contributed by atoms with E-state index in [9.17, 15) is 0 Å². The predicted molar refractivity (Wildman–Crippen MR) is 60.3 cm³/mol. The topological polar surface area (TPSA) is 26.0 Å². The summed E-state index contributed by atoms with van der Waals surface area (Å²) in [5.74, 6) is 1.69. The third-order valence-corrected chi connectivity index (χ3v) is 3.24. The van der Waals surface area contributed by atoms with Crippen LogP contribution in [0.5, 0.6) is 0 Å². The van der Waals surface area contributed by atoms with E-state index in [0.29, 0.717) is 0 Å². The zero-order valence-corrected chi connectivity index (χ0v) is 8.87. The van der Waals surface area contributed by atoms with Crippen molar-refractivity contribution in [2.24, 2.45) is 11.7 Å². The van der Waals surface area contributed by atoms with Crippen LogP contribution in [0.25, 0.3) is 0 Å². The molecule has 2 N–H and O–H groups in total. The molecule has 0 aromatic heterocycles. The first-order chi connectivity index (χ1) is 6.81. The van der Waals surface area contributed by atoms with Crippen molar-refractivity contribution >= 4 is 0 Å². The summed E-state index contributed by atoms with van der Waals surface area (Å²) >= 11 is 0. The average molecular weight is 189 g/mol. The highest BCUT2D eigenvalue weighted by Crippen LogP contribution is 2.42. The lowest BCUT2D eigenvalue weighted by Crippen LogP contribution is -2.04. The fraction of sp³-hybridized carbons (Fsp3) is 0.538. The molecule has 1 unspecified atom stereocenters. The highest BCUT2D eigenvalue weighted by molar-refractivity contribution is 5.27. The van der Waals surface area contributed by atoms with Gasteiger partial charge in [0.2, 0.25) is 0 Å². The van der Waals surface area contributed by atoms with Gasteiger partial charge in [-0.25, -0.2) is 0 Å². The molecule has 1 heteroatoms. The van der Waals surface area contributed by atoms with Gasteiger partial charge in [-0.3, -0.25) is 0 Å². The summed E-state index contributed by atoms with van der Waals surface area (Å²) in [6.07, 6.45) is 3.84. The number of benzene rings is 1. The van der Waals surface area contributed by atoms with Crippen LogP contribution in [0.4, 0.5) is 0 Å². The zero-order valence-electron chi connectivity index (χ0n) is 8.87. The second-order valence-corrected chi connectivity index (χ2v) is 4.41. The molecule has 0 spiro atoms. The molecule has 0 radical (unpaired) electrons. The Labute approximate surface area is 86.3 Å². The molecule has 1 aromatic rings. The van der Waals surface area contributed by atoms with E-state index in [1.165, 1.54) is 24.0 Å². The third kappa shape index (κ3) is 2.16. The number of nitrogens with two attached hydrogens (primary N) is 1. The fourth-order valence-electron chi connectivity index (χ4n) is 2.07. The van der Waals surface area contributed by atoms with Gasteiger partial charge in [-0.2, -0.15) is 0 Å². The Balaban J connectivity index is 2.12. The molecule has 0 amide bonds. The molecule has 0 bridgehead atoms. The summed E-state index contributed by atoms with van der Waals surface area (Å²) in [4.78, 5) is 0. The Kier molecular flexibility index (Phi) is 2.87. The molecule has 1 atom stereocenters. The second kappa shape index (κ2) is 4.14. The van der Waals surface area contributed by atoms with Crippen LogP contribution < -0.4 is 5.73 Å². The standard InChI is InChI=1S/C13H19N/c1-10(12-5-6-12)13-4-2-3-11(9-13)7-8-14/h2-4,9-10,12H,5-8,14H2,1H3. The second-order valence-electron chi connectivity index (χ2n) is 4.41. The number of rotatable bonds is 4. The lowest BCUT2D eigenvalue weighted by atomic mass is 9.94. The van der Waals surface area contributed by atoms with Gasteiger partial charge in [0.1, 0.15) is 0 Å². The molecule has 76 valence electrons. The van der Waals surface area contributed by atoms with Crippen molar-refractivity contribution in [1.82, 2.24) is 0 Å². The number of hydrogen-bond donors (Lipinski definition) is 1. The molecule has 0 heterocycles. The molecule has 2 rings (SSSR count). The van der Waals surface area contributed by atoms with Crippen LogP contribution in [0.2, 0.25) is 0 Å². The monoisotopic (exact) mass is 189 g/mol. The van der Waals surface area contributed by atoms with E-state index >= 15 is 0 Å². The van der Waals surface area contributed by atoms with Gasteiger partial charge in [0, 0.05) is 0 Å². The van der Waals surface area contributed by atoms with E-state index in [-0.39, 0.29) is 0 Å². The Morgan fingerprint density at radius 3 is 2.86 bits per heavy atom. The molecule has 1 aliphatic rings. The van der Waals surface area contributed by atoms with Gasteiger partial charge in [0.05, 0.1) is 0 Å². The van der Waals surface area contributed by atoms with E-state index in [0.717, 1.165) is 24.8 Å². The van der Waals surface area contributed by atoms with Crippen LogP contribution in [-0.4, -0.2) is 6.54 Å². The molecule has 0 aliphatic heterocycles. The van der Waals surface area contributed by atoms with Crippen LogP contribution in [0.1, 0.15) is 36.8 Å². The molecule has 1 fully saturated rings. The Morgan fingerprint density at radius 2 is 2.21 bits per heavy atom. The van der Waals surface area contributed by atoms with Crippen molar-refractivity contribution in [3.8, 4) is 0 Å². The Hall–Kier alpha value is -0.820. The summed E-state index contributed by atoms with van der Waals surface area (Å²) in [7, 11) is 0. The minimum Gasteiger partial charge on any atom is -0.330 e. The van der Waals surface area contributed by atoms with E-state index in [1.54, 1.807) is 0 Å². The molecular formula is C13H19N. The minimum absolute atomic E-state index is 0.743. The zero-order chi connectivity index (χ0) is 9.97. The van der Waals surface area contributed by atoms with Crippen molar-refractivity contribution in [1.29, 1.82) is 0 Å². The first-order valence-corrected chi connectivity index (χ1v) is 5.60. The third-order valence-electron chi connectivity index (χ3n) is 3.24. The first-order valence-electron chi connectivity index (χ1n) is 5.60. The van der Waals surface area contributed by atoms with Gasteiger partial charge < -0.3 is 5.73 Å². The maximum Gasteiger partial charge on any atom is -0.00367 e.